The van der Waals surface area contributed by atoms with Crippen LogP contribution in [0.15, 0.2) is 18.2 Å². The number of carbonyl (C=O) groups excluding carboxylic acids is 1. The number of aliphatic hydroxyl groups excluding tert-OH is 1. The molecule has 0 aromatic heterocycles. The van der Waals surface area contributed by atoms with Crippen LogP contribution < -0.4 is 0 Å². The summed E-state index contributed by atoms with van der Waals surface area (Å²) in [5, 5.41) is 8.79. The molecular formula is C18H25NO2. The van der Waals surface area contributed by atoms with Gasteiger partial charge in [-0.3, -0.25) is 4.79 Å². The molecule has 3 heteroatoms. The third-order valence-corrected chi connectivity index (χ3v) is 3.29. The quantitative estimate of drug-likeness (QED) is 0.846. The zero-order chi connectivity index (χ0) is 15.8. The van der Waals surface area contributed by atoms with Crippen molar-refractivity contribution in [1.29, 1.82) is 0 Å². The van der Waals surface area contributed by atoms with E-state index >= 15 is 0 Å². The maximum Gasteiger partial charge on any atom is 0.254 e. The number of hydrogen-bond acceptors (Lipinski definition) is 2. The molecule has 1 amide bonds. The number of nitrogens with zero attached hydrogens (tertiary/aromatic N) is 1. The first-order chi connectivity index (χ1) is 10.0. The zero-order valence-corrected chi connectivity index (χ0v) is 13.4. The molecule has 0 saturated heterocycles. The molecule has 1 rings (SSSR count). The second-order valence-electron chi connectivity index (χ2n) is 5.40. The highest BCUT2D eigenvalue weighted by atomic mass is 16.2. The lowest BCUT2D eigenvalue weighted by atomic mass is 10.0. The Kier molecular flexibility index (Phi) is 6.98. The maximum atomic E-state index is 12.6. The molecular weight excluding hydrogens is 262 g/mol. The third kappa shape index (κ3) is 4.91. The molecule has 114 valence electrons. The van der Waals surface area contributed by atoms with Crippen molar-refractivity contribution < 1.29 is 9.90 Å². The fraction of sp³-hybridized carbons (Fsp3) is 0.500. The predicted octanol–water partition coefficient (Wildman–Crippen LogP) is 2.99. The minimum absolute atomic E-state index is 0.0528. The molecule has 0 atom stereocenters. The monoisotopic (exact) mass is 287 g/mol. The Bertz CT molecular complexity index is 538. The first-order valence-corrected chi connectivity index (χ1v) is 7.52. The van der Waals surface area contributed by atoms with Gasteiger partial charge >= 0.3 is 0 Å². The molecule has 0 unspecified atom stereocenters. The Morgan fingerprint density at radius 3 is 2.67 bits per heavy atom. The van der Waals surface area contributed by atoms with Crippen molar-refractivity contribution in [1.82, 2.24) is 4.90 Å². The van der Waals surface area contributed by atoms with Gasteiger partial charge in [-0.05, 0) is 44.9 Å². The van der Waals surface area contributed by atoms with Crippen molar-refractivity contribution in [2.75, 3.05) is 13.2 Å². The summed E-state index contributed by atoms with van der Waals surface area (Å²) in [6.45, 7) is 8.93. The Morgan fingerprint density at radius 2 is 2.10 bits per heavy atom. The van der Waals surface area contributed by atoms with Crippen molar-refractivity contribution in [3.63, 3.8) is 0 Å². The number of benzene rings is 1. The van der Waals surface area contributed by atoms with E-state index < -0.39 is 0 Å². The molecule has 0 radical (unpaired) electrons. The second kappa shape index (κ2) is 8.49. The molecule has 0 bridgehead atoms. The molecule has 3 nitrogen and oxygen atoms in total. The molecule has 1 aromatic carbocycles. The zero-order valence-electron chi connectivity index (χ0n) is 13.4. The number of carbonyl (C=O) groups is 1. The molecule has 0 saturated carbocycles. The van der Waals surface area contributed by atoms with Crippen LogP contribution in [0.25, 0.3) is 0 Å². The summed E-state index contributed by atoms with van der Waals surface area (Å²) < 4.78 is 0. The maximum absolute atomic E-state index is 12.6. The molecule has 0 aliphatic carbocycles. The average molecular weight is 287 g/mol. The van der Waals surface area contributed by atoms with Crippen molar-refractivity contribution in [2.24, 2.45) is 0 Å². The summed E-state index contributed by atoms with van der Waals surface area (Å²) in [7, 11) is 0. The smallest absolute Gasteiger partial charge is 0.254 e. The van der Waals surface area contributed by atoms with Gasteiger partial charge in [0.15, 0.2) is 0 Å². The van der Waals surface area contributed by atoms with Gasteiger partial charge in [-0.15, -0.1) is 0 Å². The van der Waals surface area contributed by atoms with E-state index in [0.29, 0.717) is 12.0 Å². The van der Waals surface area contributed by atoms with Crippen LogP contribution in [0, 0.1) is 18.8 Å². The Morgan fingerprint density at radius 1 is 1.38 bits per heavy atom. The van der Waals surface area contributed by atoms with Crippen LogP contribution in [0.2, 0.25) is 0 Å². The molecule has 0 spiro atoms. The van der Waals surface area contributed by atoms with Gasteiger partial charge in [-0.2, -0.15) is 0 Å². The van der Waals surface area contributed by atoms with Crippen molar-refractivity contribution in [3.8, 4) is 11.8 Å². The molecule has 0 aliphatic rings. The van der Waals surface area contributed by atoms with Crippen LogP contribution in [0.5, 0.6) is 0 Å². The summed E-state index contributed by atoms with van der Waals surface area (Å²) in [5.41, 5.74) is 2.58. The van der Waals surface area contributed by atoms with Crippen LogP contribution in [0.1, 0.15) is 55.1 Å². The first kappa shape index (κ1) is 17.3. The Hall–Kier alpha value is -1.79. The van der Waals surface area contributed by atoms with E-state index in [0.717, 1.165) is 24.1 Å². The highest BCUT2D eigenvalue weighted by Crippen LogP contribution is 2.14. The predicted molar refractivity (Wildman–Crippen MR) is 86.2 cm³/mol. The summed E-state index contributed by atoms with van der Waals surface area (Å²) in [6.07, 6.45) is 1.39. The summed E-state index contributed by atoms with van der Waals surface area (Å²) in [6, 6.07) is 5.83. The standard InChI is InChI=1S/C18H25NO2/c1-5-11-19(14(2)3)18(21)17-10-9-15(4)16(13-17)8-6-7-12-20/h9-10,13-14,20H,5,7,11-12H2,1-4H3. The van der Waals surface area contributed by atoms with Gasteiger partial charge in [0.05, 0.1) is 6.61 Å². The van der Waals surface area contributed by atoms with E-state index in [1.54, 1.807) is 0 Å². The van der Waals surface area contributed by atoms with E-state index in [9.17, 15) is 4.79 Å². The van der Waals surface area contributed by atoms with Crippen molar-refractivity contribution in [3.05, 3.63) is 34.9 Å². The van der Waals surface area contributed by atoms with Crippen LogP contribution >= 0.6 is 0 Å². The highest BCUT2D eigenvalue weighted by molar-refractivity contribution is 5.95. The lowest BCUT2D eigenvalue weighted by Crippen LogP contribution is -2.37. The number of amides is 1. The minimum Gasteiger partial charge on any atom is -0.395 e. The van der Waals surface area contributed by atoms with Crippen LogP contribution in [0.4, 0.5) is 0 Å². The molecule has 21 heavy (non-hydrogen) atoms. The SMILES string of the molecule is CCCN(C(=O)c1ccc(C)c(C#CCCO)c1)C(C)C. The lowest BCUT2D eigenvalue weighted by molar-refractivity contribution is 0.0706. The van der Waals surface area contributed by atoms with Gasteiger partial charge in [0.25, 0.3) is 5.91 Å². The minimum atomic E-state index is 0.0528. The van der Waals surface area contributed by atoms with Gasteiger partial charge in [0, 0.05) is 30.1 Å². The van der Waals surface area contributed by atoms with Crippen molar-refractivity contribution >= 4 is 5.91 Å². The Balaban J connectivity index is 3.05. The topological polar surface area (TPSA) is 40.5 Å². The van der Waals surface area contributed by atoms with Gasteiger partial charge in [0.2, 0.25) is 0 Å². The molecule has 1 N–H and O–H groups in total. The number of rotatable bonds is 5. The lowest BCUT2D eigenvalue weighted by Gasteiger charge is -2.26. The van der Waals surface area contributed by atoms with Crippen LogP contribution in [0.3, 0.4) is 0 Å². The van der Waals surface area contributed by atoms with Crippen molar-refractivity contribution in [2.45, 2.75) is 46.6 Å². The van der Waals surface area contributed by atoms with Gasteiger partial charge in [-0.25, -0.2) is 0 Å². The van der Waals surface area contributed by atoms with Gasteiger partial charge in [-0.1, -0.05) is 24.8 Å². The fourth-order valence-electron chi connectivity index (χ4n) is 2.10. The van der Waals surface area contributed by atoms with Crippen LogP contribution in [-0.4, -0.2) is 35.1 Å². The largest absolute Gasteiger partial charge is 0.395 e. The van der Waals surface area contributed by atoms with E-state index in [2.05, 4.69) is 18.8 Å². The van der Waals surface area contributed by atoms with Gasteiger partial charge in [0.1, 0.15) is 0 Å². The molecule has 1 aromatic rings. The second-order valence-corrected chi connectivity index (χ2v) is 5.40. The van der Waals surface area contributed by atoms with E-state index in [4.69, 9.17) is 5.11 Å². The third-order valence-electron chi connectivity index (χ3n) is 3.29. The number of hydrogen-bond donors (Lipinski definition) is 1. The molecule has 0 heterocycles. The van der Waals surface area contributed by atoms with E-state index in [1.165, 1.54) is 0 Å². The number of aryl methyl sites for hydroxylation is 1. The van der Waals surface area contributed by atoms with Crippen LogP contribution in [-0.2, 0) is 0 Å². The normalized spacial score (nSPS) is 10.2. The summed E-state index contributed by atoms with van der Waals surface area (Å²) in [5.74, 6) is 5.99. The van der Waals surface area contributed by atoms with E-state index in [1.807, 2.05) is 43.9 Å². The highest BCUT2D eigenvalue weighted by Gasteiger charge is 2.18. The first-order valence-electron chi connectivity index (χ1n) is 7.52. The Labute approximate surface area is 128 Å². The number of aliphatic hydroxyl groups is 1. The average Bonchev–Trinajstić information content (AvgIpc) is 2.46. The fourth-order valence-corrected chi connectivity index (χ4v) is 2.10. The molecule has 0 aliphatic heterocycles. The summed E-state index contributed by atoms with van der Waals surface area (Å²) in [4.78, 5) is 14.5. The van der Waals surface area contributed by atoms with E-state index in [-0.39, 0.29) is 18.6 Å². The summed E-state index contributed by atoms with van der Waals surface area (Å²) >= 11 is 0. The van der Waals surface area contributed by atoms with Gasteiger partial charge < -0.3 is 10.0 Å². The molecule has 0 fully saturated rings.